The number of rotatable bonds is 8. The molecule has 0 spiro atoms. The Morgan fingerprint density at radius 3 is 2.46 bits per heavy atom. The first-order valence-corrected chi connectivity index (χ1v) is 10.1. The molecule has 28 heavy (non-hydrogen) atoms. The van der Waals surface area contributed by atoms with Gasteiger partial charge in [-0.25, -0.2) is 4.98 Å². The predicted octanol–water partition coefficient (Wildman–Crippen LogP) is 3.77. The van der Waals surface area contributed by atoms with E-state index >= 15 is 0 Å². The molecule has 0 unspecified atom stereocenters. The largest absolute Gasteiger partial charge is 0.377 e. The third kappa shape index (κ3) is 5.41. The topological polar surface area (TPSA) is 48.5 Å². The molecule has 0 saturated carbocycles. The van der Waals surface area contributed by atoms with E-state index in [9.17, 15) is 4.79 Å². The summed E-state index contributed by atoms with van der Waals surface area (Å²) in [5, 5.41) is 5.92. The molecule has 0 aliphatic rings. The summed E-state index contributed by atoms with van der Waals surface area (Å²) in [4.78, 5) is 21.2. The van der Waals surface area contributed by atoms with Crippen LogP contribution in [0.3, 0.4) is 0 Å². The number of carbonyl (C=O) groups is 1. The van der Waals surface area contributed by atoms with E-state index in [0.29, 0.717) is 12.1 Å². The van der Waals surface area contributed by atoms with E-state index in [2.05, 4.69) is 70.9 Å². The molecule has 0 atom stereocenters. The molecule has 1 amide bonds. The lowest BCUT2D eigenvalue weighted by molar-refractivity contribution is 0.0951. The number of nitrogens with zero attached hydrogens (tertiary/aromatic N) is 3. The molecule has 0 saturated heterocycles. The van der Waals surface area contributed by atoms with Crippen molar-refractivity contribution in [3.05, 3.63) is 81.8 Å². The smallest absolute Gasteiger partial charge is 0.251 e. The summed E-state index contributed by atoms with van der Waals surface area (Å²) in [6.45, 7) is 2.07. The summed E-state index contributed by atoms with van der Waals surface area (Å²) in [6, 6.07) is 17.7. The number of hydrogen-bond donors (Lipinski definition) is 1. The van der Waals surface area contributed by atoms with Gasteiger partial charge in [0, 0.05) is 43.8 Å². The minimum atomic E-state index is -0.0743. The van der Waals surface area contributed by atoms with Crippen molar-refractivity contribution >= 4 is 22.9 Å². The number of anilines is 1. The number of nitrogens with one attached hydrogen (secondary N) is 1. The van der Waals surface area contributed by atoms with Crippen LogP contribution in [0.15, 0.2) is 60.0 Å². The molecule has 1 aromatic heterocycles. The van der Waals surface area contributed by atoms with Gasteiger partial charge in [0.05, 0.1) is 12.2 Å². The maximum Gasteiger partial charge on any atom is 0.251 e. The maximum absolute atomic E-state index is 12.1. The van der Waals surface area contributed by atoms with Gasteiger partial charge in [0.15, 0.2) is 0 Å². The van der Waals surface area contributed by atoms with Gasteiger partial charge >= 0.3 is 0 Å². The van der Waals surface area contributed by atoms with E-state index in [-0.39, 0.29) is 5.91 Å². The average Bonchev–Trinajstić information content (AvgIpc) is 3.14. The van der Waals surface area contributed by atoms with Crippen molar-refractivity contribution in [3.63, 3.8) is 0 Å². The highest BCUT2D eigenvalue weighted by Gasteiger charge is 2.10. The minimum absolute atomic E-state index is 0.0743. The summed E-state index contributed by atoms with van der Waals surface area (Å²) in [5.74, 6) is -0.0743. The van der Waals surface area contributed by atoms with Crippen LogP contribution in [0.5, 0.6) is 0 Å². The first kappa shape index (κ1) is 20.0. The normalized spacial score (nSPS) is 10.9. The molecule has 5 nitrogen and oxygen atoms in total. The molecular formula is C22H26N4OS. The van der Waals surface area contributed by atoms with Gasteiger partial charge in [0.25, 0.3) is 5.91 Å². The van der Waals surface area contributed by atoms with Crippen LogP contribution in [0.4, 0.5) is 5.69 Å². The third-order valence-electron chi connectivity index (χ3n) is 4.38. The van der Waals surface area contributed by atoms with Crippen LogP contribution in [-0.4, -0.2) is 36.9 Å². The molecule has 3 rings (SSSR count). The minimum Gasteiger partial charge on any atom is -0.377 e. The molecule has 0 radical (unpaired) electrons. The molecule has 3 aromatic rings. The highest BCUT2D eigenvalue weighted by molar-refractivity contribution is 7.09. The SMILES string of the molecule is CN(Cc1csc(CNC(=O)c2ccccc2)n1)Cc1ccccc1N(C)C. The van der Waals surface area contributed by atoms with Crippen molar-refractivity contribution < 1.29 is 4.79 Å². The first-order valence-electron chi connectivity index (χ1n) is 9.23. The average molecular weight is 395 g/mol. The van der Waals surface area contributed by atoms with Crippen LogP contribution in [0.25, 0.3) is 0 Å². The second-order valence-electron chi connectivity index (χ2n) is 6.98. The molecule has 6 heteroatoms. The van der Waals surface area contributed by atoms with Crippen molar-refractivity contribution in [3.8, 4) is 0 Å². The van der Waals surface area contributed by atoms with Crippen LogP contribution in [0, 0.1) is 0 Å². The van der Waals surface area contributed by atoms with Crippen molar-refractivity contribution in [2.75, 3.05) is 26.0 Å². The van der Waals surface area contributed by atoms with E-state index in [1.165, 1.54) is 11.3 Å². The van der Waals surface area contributed by atoms with Gasteiger partial charge in [-0.15, -0.1) is 11.3 Å². The zero-order chi connectivity index (χ0) is 19.9. The summed E-state index contributed by atoms with van der Waals surface area (Å²) in [5.41, 5.74) is 4.22. The lowest BCUT2D eigenvalue weighted by atomic mass is 10.1. The van der Waals surface area contributed by atoms with Crippen LogP contribution in [0.1, 0.15) is 26.6 Å². The maximum atomic E-state index is 12.1. The fraction of sp³-hybridized carbons (Fsp3) is 0.273. The van der Waals surface area contributed by atoms with Crippen LogP contribution in [0.2, 0.25) is 0 Å². The monoisotopic (exact) mass is 394 g/mol. The lowest BCUT2D eigenvalue weighted by Gasteiger charge is -2.21. The Morgan fingerprint density at radius 1 is 1.00 bits per heavy atom. The van der Waals surface area contributed by atoms with Gasteiger partial charge in [-0.2, -0.15) is 0 Å². The number of thiazole rings is 1. The first-order chi connectivity index (χ1) is 13.5. The molecule has 0 bridgehead atoms. The van der Waals surface area contributed by atoms with E-state index in [0.717, 1.165) is 23.8 Å². The molecule has 0 aliphatic heterocycles. The molecule has 1 heterocycles. The number of para-hydroxylation sites is 1. The van der Waals surface area contributed by atoms with Crippen LogP contribution < -0.4 is 10.2 Å². The number of carbonyl (C=O) groups excluding carboxylic acids is 1. The van der Waals surface area contributed by atoms with Crippen molar-refractivity contribution in [2.24, 2.45) is 0 Å². The second-order valence-corrected chi connectivity index (χ2v) is 7.92. The molecular weight excluding hydrogens is 368 g/mol. The summed E-state index contributed by atoms with van der Waals surface area (Å²) >= 11 is 1.58. The Hall–Kier alpha value is -2.70. The van der Waals surface area contributed by atoms with Gasteiger partial charge in [-0.1, -0.05) is 36.4 Å². The van der Waals surface area contributed by atoms with E-state index < -0.39 is 0 Å². The predicted molar refractivity (Wildman–Crippen MR) is 116 cm³/mol. The number of aromatic nitrogens is 1. The highest BCUT2D eigenvalue weighted by atomic mass is 32.1. The van der Waals surface area contributed by atoms with E-state index in [1.807, 2.05) is 30.3 Å². The van der Waals surface area contributed by atoms with Gasteiger partial charge in [0.2, 0.25) is 0 Å². The lowest BCUT2D eigenvalue weighted by Crippen LogP contribution is -2.23. The number of hydrogen-bond acceptors (Lipinski definition) is 5. The van der Waals surface area contributed by atoms with Crippen molar-refractivity contribution in [2.45, 2.75) is 19.6 Å². The van der Waals surface area contributed by atoms with Gasteiger partial charge < -0.3 is 10.2 Å². The quantitative estimate of drug-likeness (QED) is 0.632. The Morgan fingerprint density at radius 2 is 1.71 bits per heavy atom. The molecule has 1 N–H and O–H groups in total. The Bertz CT molecular complexity index is 908. The fourth-order valence-corrected chi connectivity index (χ4v) is 3.78. The second kappa shape index (κ2) is 9.48. The van der Waals surface area contributed by atoms with E-state index in [1.54, 1.807) is 11.3 Å². The van der Waals surface area contributed by atoms with E-state index in [4.69, 9.17) is 0 Å². The van der Waals surface area contributed by atoms with Crippen LogP contribution >= 0.6 is 11.3 Å². The Balaban J connectivity index is 1.54. The van der Waals surface area contributed by atoms with Crippen molar-refractivity contribution in [1.82, 2.24) is 15.2 Å². The molecule has 2 aromatic carbocycles. The molecule has 146 valence electrons. The Kier molecular flexibility index (Phi) is 6.79. The Labute approximate surface area is 170 Å². The zero-order valence-electron chi connectivity index (χ0n) is 16.6. The van der Waals surface area contributed by atoms with Gasteiger partial charge in [-0.3, -0.25) is 9.69 Å². The molecule has 0 aliphatic carbocycles. The van der Waals surface area contributed by atoms with Gasteiger partial charge in [0.1, 0.15) is 5.01 Å². The highest BCUT2D eigenvalue weighted by Crippen LogP contribution is 2.20. The summed E-state index contributed by atoms with van der Waals surface area (Å²) in [6.07, 6.45) is 0. The zero-order valence-corrected chi connectivity index (χ0v) is 17.4. The number of amides is 1. The number of benzene rings is 2. The summed E-state index contributed by atoms with van der Waals surface area (Å²) in [7, 11) is 6.23. The van der Waals surface area contributed by atoms with Gasteiger partial charge in [-0.05, 0) is 30.8 Å². The molecule has 0 fully saturated rings. The van der Waals surface area contributed by atoms with Crippen LogP contribution in [-0.2, 0) is 19.6 Å². The van der Waals surface area contributed by atoms with Crippen molar-refractivity contribution in [1.29, 1.82) is 0 Å². The summed E-state index contributed by atoms with van der Waals surface area (Å²) < 4.78 is 0. The fourth-order valence-electron chi connectivity index (χ4n) is 3.05. The standard InChI is InChI=1S/C22H26N4OS/c1-25(2)20-12-8-7-11-18(20)14-26(3)15-19-16-28-21(24-19)13-23-22(27)17-9-5-4-6-10-17/h4-12,16H,13-15H2,1-3H3,(H,23,27). The third-order valence-corrected chi connectivity index (χ3v) is 5.28.